The largest absolute Gasteiger partial charge is 0.396 e. The minimum Gasteiger partial charge on any atom is -0.396 e. The maximum absolute atomic E-state index is 5.46. The molecule has 0 atom stereocenters. The molecule has 2 N–H and O–H groups in total. The van der Waals surface area contributed by atoms with Crippen molar-refractivity contribution in [3.63, 3.8) is 0 Å². The van der Waals surface area contributed by atoms with E-state index in [1.165, 1.54) is 11.3 Å². The monoisotopic (exact) mass is 185 g/mol. The molecule has 4 nitrogen and oxygen atoms in total. The highest BCUT2D eigenvalue weighted by Crippen LogP contribution is 2.11. The number of nitrogens with two attached hydrogens (primary N) is 1. The summed E-state index contributed by atoms with van der Waals surface area (Å²) < 4.78 is 0. The predicted octanol–water partition coefficient (Wildman–Crippen LogP) is 1.49. The van der Waals surface area contributed by atoms with Crippen molar-refractivity contribution in [2.24, 2.45) is 5.16 Å². The van der Waals surface area contributed by atoms with E-state index in [0.29, 0.717) is 11.7 Å². The van der Waals surface area contributed by atoms with Gasteiger partial charge in [-0.1, -0.05) is 5.16 Å². The zero-order chi connectivity index (χ0) is 8.97. The number of hydrogen-bond acceptors (Lipinski definition) is 5. The van der Waals surface area contributed by atoms with Crippen molar-refractivity contribution in [2.75, 3.05) is 12.3 Å². The van der Waals surface area contributed by atoms with Crippen LogP contribution in [0.2, 0.25) is 0 Å². The minimum absolute atomic E-state index is 0.552. The highest BCUT2D eigenvalue weighted by molar-refractivity contribution is 7.13. The van der Waals surface area contributed by atoms with Crippen LogP contribution in [0.15, 0.2) is 10.5 Å². The molecule has 0 unspecified atom stereocenters. The lowest BCUT2D eigenvalue weighted by molar-refractivity contribution is 0.159. The van der Waals surface area contributed by atoms with Crippen molar-refractivity contribution in [3.8, 4) is 0 Å². The SMILES string of the molecule is CCO/N=C(\C)c1csc(N)n1. The van der Waals surface area contributed by atoms with Crippen LogP contribution in [0.4, 0.5) is 5.13 Å². The molecular weight excluding hydrogens is 174 g/mol. The smallest absolute Gasteiger partial charge is 0.180 e. The normalized spacial score (nSPS) is 11.7. The number of anilines is 1. The molecule has 0 fully saturated rings. The molecule has 0 aliphatic carbocycles. The van der Waals surface area contributed by atoms with E-state index >= 15 is 0 Å². The Labute approximate surface area is 75.1 Å². The summed E-state index contributed by atoms with van der Waals surface area (Å²) in [5.41, 5.74) is 6.99. The van der Waals surface area contributed by atoms with Crippen molar-refractivity contribution in [1.29, 1.82) is 0 Å². The summed E-state index contributed by atoms with van der Waals surface area (Å²) in [6, 6.07) is 0. The second kappa shape index (κ2) is 4.06. The summed E-state index contributed by atoms with van der Waals surface area (Å²) in [5.74, 6) is 0. The van der Waals surface area contributed by atoms with Crippen LogP contribution in [-0.2, 0) is 4.84 Å². The number of nitrogens with zero attached hydrogens (tertiary/aromatic N) is 2. The van der Waals surface area contributed by atoms with Crippen molar-refractivity contribution < 1.29 is 4.84 Å². The lowest BCUT2D eigenvalue weighted by Gasteiger charge is -1.94. The second-order valence-corrected chi connectivity index (χ2v) is 3.06. The first-order chi connectivity index (χ1) is 5.74. The minimum atomic E-state index is 0.552. The van der Waals surface area contributed by atoms with Gasteiger partial charge in [-0.2, -0.15) is 0 Å². The average Bonchev–Trinajstić information content (AvgIpc) is 2.47. The summed E-state index contributed by atoms with van der Waals surface area (Å²) in [6.45, 7) is 4.29. The lowest BCUT2D eigenvalue weighted by atomic mass is 10.3. The Morgan fingerprint density at radius 3 is 3.08 bits per heavy atom. The number of nitrogen functional groups attached to an aromatic ring is 1. The molecule has 1 aromatic rings. The maximum Gasteiger partial charge on any atom is 0.180 e. The zero-order valence-electron chi connectivity index (χ0n) is 7.07. The van der Waals surface area contributed by atoms with Gasteiger partial charge in [-0.15, -0.1) is 11.3 Å². The molecule has 5 heteroatoms. The van der Waals surface area contributed by atoms with Gasteiger partial charge in [0.2, 0.25) is 0 Å². The quantitative estimate of drug-likeness (QED) is 0.573. The van der Waals surface area contributed by atoms with E-state index < -0.39 is 0 Å². The lowest BCUT2D eigenvalue weighted by Crippen LogP contribution is -1.97. The van der Waals surface area contributed by atoms with Gasteiger partial charge < -0.3 is 10.6 Å². The number of aromatic nitrogens is 1. The Balaban J connectivity index is 2.70. The van der Waals surface area contributed by atoms with E-state index in [9.17, 15) is 0 Å². The molecule has 1 rings (SSSR count). The van der Waals surface area contributed by atoms with Gasteiger partial charge >= 0.3 is 0 Å². The van der Waals surface area contributed by atoms with Gasteiger partial charge in [0.15, 0.2) is 5.13 Å². The summed E-state index contributed by atoms with van der Waals surface area (Å²) in [4.78, 5) is 8.92. The van der Waals surface area contributed by atoms with Crippen LogP contribution in [0.1, 0.15) is 19.5 Å². The van der Waals surface area contributed by atoms with E-state index in [2.05, 4.69) is 10.1 Å². The third-order valence-corrected chi connectivity index (χ3v) is 1.90. The molecule has 12 heavy (non-hydrogen) atoms. The van der Waals surface area contributed by atoms with Gasteiger partial charge in [-0.25, -0.2) is 4.98 Å². The molecule has 0 spiro atoms. The number of oxime groups is 1. The average molecular weight is 185 g/mol. The van der Waals surface area contributed by atoms with Gasteiger partial charge in [-0.3, -0.25) is 0 Å². The van der Waals surface area contributed by atoms with E-state index in [4.69, 9.17) is 10.6 Å². The number of hydrogen-bond donors (Lipinski definition) is 1. The van der Waals surface area contributed by atoms with Crippen LogP contribution in [-0.4, -0.2) is 17.3 Å². The summed E-state index contributed by atoms with van der Waals surface area (Å²) in [5, 5.41) is 6.24. The third kappa shape index (κ3) is 2.20. The Kier molecular flexibility index (Phi) is 3.04. The Morgan fingerprint density at radius 2 is 2.58 bits per heavy atom. The molecule has 0 saturated carbocycles. The molecule has 0 bridgehead atoms. The first-order valence-electron chi connectivity index (χ1n) is 3.62. The molecule has 0 saturated heterocycles. The second-order valence-electron chi connectivity index (χ2n) is 2.17. The molecule has 1 aromatic heterocycles. The summed E-state index contributed by atoms with van der Waals surface area (Å²) in [6.07, 6.45) is 0. The Bertz CT molecular complexity index is 282. The topological polar surface area (TPSA) is 60.5 Å². The van der Waals surface area contributed by atoms with Gasteiger partial charge in [0.05, 0.1) is 0 Å². The van der Waals surface area contributed by atoms with E-state index in [0.717, 1.165) is 11.4 Å². The van der Waals surface area contributed by atoms with Crippen LogP contribution >= 0.6 is 11.3 Å². The Morgan fingerprint density at radius 1 is 1.83 bits per heavy atom. The van der Waals surface area contributed by atoms with E-state index in [1.54, 1.807) is 0 Å². The van der Waals surface area contributed by atoms with Gasteiger partial charge in [0.1, 0.15) is 18.0 Å². The van der Waals surface area contributed by atoms with Crippen LogP contribution < -0.4 is 5.73 Å². The van der Waals surface area contributed by atoms with Crippen molar-refractivity contribution in [3.05, 3.63) is 11.1 Å². The molecule has 0 aromatic carbocycles. The summed E-state index contributed by atoms with van der Waals surface area (Å²) in [7, 11) is 0. The van der Waals surface area contributed by atoms with Crippen LogP contribution in [0.3, 0.4) is 0 Å². The van der Waals surface area contributed by atoms with Gasteiger partial charge in [0.25, 0.3) is 0 Å². The first kappa shape index (κ1) is 8.99. The van der Waals surface area contributed by atoms with Crippen LogP contribution in [0, 0.1) is 0 Å². The Hall–Kier alpha value is -1.10. The van der Waals surface area contributed by atoms with Crippen molar-refractivity contribution in [2.45, 2.75) is 13.8 Å². The van der Waals surface area contributed by atoms with E-state index in [1.807, 2.05) is 19.2 Å². The van der Waals surface area contributed by atoms with Crippen LogP contribution in [0.5, 0.6) is 0 Å². The van der Waals surface area contributed by atoms with Crippen LogP contribution in [0.25, 0.3) is 0 Å². The third-order valence-electron chi connectivity index (χ3n) is 1.22. The summed E-state index contributed by atoms with van der Waals surface area (Å²) >= 11 is 1.40. The zero-order valence-corrected chi connectivity index (χ0v) is 7.89. The standard InChI is InChI=1S/C7H11N3OS/c1-3-11-10-5(2)6-4-12-7(8)9-6/h4H,3H2,1-2H3,(H2,8,9)/b10-5+. The number of rotatable bonds is 3. The number of thiazole rings is 1. The molecular formula is C7H11N3OS. The fourth-order valence-corrected chi connectivity index (χ4v) is 1.27. The predicted molar refractivity (Wildman–Crippen MR) is 50.4 cm³/mol. The fraction of sp³-hybridized carbons (Fsp3) is 0.429. The van der Waals surface area contributed by atoms with Gasteiger partial charge in [0, 0.05) is 5.38 Å². The van der Waals surface area contributed by atoms with E-state index in [-0.39, 0.29) is 0 Å². The molecule has 0 radical (unpaired) electrons. The first-order valence-corrected chi connectivity index (χ1v) is 4.50. The highest BCUT2D eigenvalue weighted by atomic mass is 32.1. The molecule has 66 valence electrons. The van der Waals surface area contributed by atoms with Gasteiger partial charge in [-0.05, 0) is 13.8 Å². The fourth-order valence-electron chi connectivity index (χ4n) is 0.662. The molecule has 0 aliphatic heterocycles. The molecule has 1 heterocycles. The molecule has 0 aliphatic rings. The van der Waals surface area contributed by atoms with Crippen molar-refractivity contribution in [1.82, 2.24) is 4.98 Å². The maximum atomic E-state index is 5.46. The van der Waals surface area contributed by atoms with Crippen molar-refractivity contribution >= 4 is 22.2 Å². The highest BCUT2D eigenvalue weighted by Gasteiger charge is 2.01. The molecule has 0 amide bonds.